The van der Waals surface area contributed by atoms with Crippen LogP contribution in [0.5, 0.6) is 0 Å². The van der Waals surface area contributed by atoms with Crippen molar-refractivity contribution in [3.8, 4) is 39.1 Å². The minimum Gasteiger partial charge on any atom is -0.317 e. The maximum atomic E-state index is 4.13. The maximum absolute atomic E-state index is 4.13. The Bertz CT molecular complexity index is 2730. The molecule has 0 radical (unpaired) electrons. The van der Waals surface area contributed by atoms with Crippen molar-refractivity contribution in [1.82, 2.24) is 4.57 Å². The third-order valence-electron chi connectivity index (χ3n) is 11.1. The number of aromatic nitrogens is 1. The molecule has 0 unspecified atom stereocenters. The SMILES string of the molecule is C=C/C(=C\C=C\N(c1ccc(-c2cccc3c2ccn3-c2ccccc2)c(-c2ccccc2)c1)c1ccc2c(c1)C(C)(C)c1ccccc1-2)c1ccccc1. The lowest BCUT2D eigenvalue weighted by Crippen LogP contribution is -2.16. The summed E-state index contributed by atoms with van der Waals surface area (Å²) in [7, 11) is 0. The Labute approximate surface area is 324 Å². The monoisotopic (exact) mass is 706 g/mol. The number of fused-ring (bicyclic) bond motifs is 4. The van der Waals surface area contributed by atoms with E-state index in [4.69, 9.17) is 0 Å². The molecule has 0 bridgehead atoms. The fraction of sp³-hybridized carbons (Fsp3) is 0.0566. The van der Waals surface area contributed by atoms with Gasteiger partial charge in [-0.25, -0.2) is 0 Å². The van der Waals surface area contributed by atoms with Crippen molar-refractivity contribution < 1.29 is 0 Å². The van der Waals surface area contributed by atoms with Crippen molar-refractivity contribution in [1.29, 1.82) is 0 Å². The first-order chi connectivity index (χ1) is 27.0. The molecule has 0 atom stereocenters. The quantitative estimate of drug-likeness (QED) is 0.136. The Morgan fingerprint density at radius 3 is 1.96 bits per heavy atom. The number of para-hydroxylation sites is 1. The summed E-state index contributed by atoms with van der Waals surface area (Å²) in [5.41, 5.74) is 16.7. The van der Waals surface area contributed by atoms with Crippen molar-refractivity contribution in [3.63, 3.8) is 0 Å². The zero-order valence-corrected chi connectivity index (χ0v) is 31.2. The lowest BCUT2D eigenvalue weighted by atomic mass is 9.82. The second-order valence-corrected chi connectivity index (χ2v) is 14.7. The van der Waals surface area contributed by atoms with Crippen LogP contribution in [0.4, 0.5) is 11.4 Å². The van der Waals surface area contributed by atoms with Gasteiger partial charge in [-0.2, -0.15) is 0 Å². The molecule has 264 valence electrons. The zero-order chi connectivity index (χ0) is 37.4. The molecule has 0 aliphatic heterocycles. The van der Waals surface area contributed by atoms with Crippen LogP contribution in [0, 0.1) is 0 Å². The summed E-state index contributed by atoms with van der Waals surface area (Å²) in [6.45, 7) is 8.82. The predicted octanol–water partition coefficient (Wildman–Crippen LogP) is 14.2. The molecule has 0 spiro atoms. The van der Waals surface area contributed by atoms with Gasteiger partial charge in [-0.3, -0.25) is 0 Å². The van der Waals surface area contributed by atoms with Crippen LogP contribution in [0.1, 0.15) is 30.5 Å². The van der Waals surface area contributed by atoms with Gasteiger partial charge in [-0.05, 0) is 110 Å². The Hall–Kier alpha value is -6.90. The van der Waals surface area contributed by atoms with Crippen molar-refractivity contribution in [2.24, 2.45) is 0 Å². The highest BCUT2D eigenvalue weighted by Crippen LogP contribution is 2.50. The molecular formula is C53H42N2. The number of hydrogen-bond donors (Lipinski definition) is 0. The van der Waals surface area contributed by atoms with Crippen molar-refractivity contribution in [3.05, 3.63) is 230 Å². The van der Waals surface area contributed by atoms with Gasteiger partial charge in [0.25, 0.3) is 0 Å². The van der Waals surface area contributed by atoms with E-state index in [1.165, 1.54) is 55.4 Å². The number of nitrogens with zero attached hydrogens (tertiary/aromatic N) is 2. The van der Waals surface area contributed by atoms with Gasteiger partial charge in [0.2, 0.25) is 0 Å². The summed E-state index contributed by atoms with van der Waals surface area (Å²) in [6, 6.07) is 63.3. The van der Waals surface area contributed by atoms with Crippen LogP contribution in [-0.2, 0) is 5.41 Å². The first kappa shape index (κ1) is 33.9. The minimum absolute atomic E-state index is 0.117. The second-order valence-electron chi connectivity index (χ2n) is 14.7. The van der Waals surface area contributed by atoms with Gasteiger partial charge in [0.05, 0.1) is 5.52 Å². The number of hydrogen-bond acceptors (Lipinski definition) is 1. The minimum atomic E-state index is -0.117. The fourth-order valence-electron chi connectivity index (χ4n) is 8.30. The Morgan fingerprint density at radius 1 is 0.564 bits per heavy atom. The lowest BCUT2D eigenvalue weighted by molar-refractivity contribution is 0.660. The van der Waals surface area contributed by atoms with Crippen molar-refractivity contribution in [2.45, 2.75) is 19.3 Å². The third-order valence-corrected chi connectivity index (χ3v) is 11.1. The van der Waals surface area contributed by atoms with Crippen LogP contribution in [0.2, 0.25) is 0 Å². The molecule has 2 nitrogen and oxygen atoms in total. The van der Waals surface area contributed by atoms with Crippen LogP contribution in [0.15, 0.2) is 213 Å². The van der Waals surface area contributed by atoms with E-state index >= 15 is 0 Å². The standard InChI is InChI=1S/C53H42N2/c1-4-38(39-18-8-5-9-19-39)22-17-34-54(43-30-32-47-46-25-14-15-27-50(46)53(2,3)51(47)37-43)42-29-31-45(49(36-42)40-20-10-6-11-21-40)44-26-16-28-52-48(44)33-35-55(52)41-23-12-7-13-24-41/h4-37H,1H2,2-3H3/b34-17+,38-22+. The number of allylic oxidation sites excluding steroid dienone is 4. The molecule has 0 saturated carbocycles. The molecule has 0 N–H and O–H groups in total. The molecule has 1 aliphatic carbocycles. The first-order valence-corrected chi connectivity index (χ1v) is 19.0. The van der Waals surface area contributed by atoms with E-state index in [0.29, 0.717) is 0 Å². The van der Waals surface area contributed by atoms with Gasteiger partial charge in [0, 0.05) is 40.3 Å². The fourth-order valence-corrected chi connectivity index (χ4v) is 8.30. The summed E-state index contributed by atoms with van der Waals surface area (Å²) >= 11 is 0. The van der Waals surface area contributed by atoms with E-state index in [1.54, 1.807) is 0 Å². The highest BCUT2D eigenvalue weighted by atomic mass is 15.1. The van der Waals surface area contributed by atoms with E-state index in [1.807, 2.05) is 12.1 Å². The molecule has 1 aliphatic rings. The van der Waals surface area contributed by atoms with Gasteiger partial charge in [0.1, 0.15) is 0 Å². The number of benzene rings is 7. The van der Waals surface area contributed by atoms with Crippen LogP contribution in [0.25, 0.3) is 55.5 Å². The molecule has 9 rings (SSSR count). The normalized spacial score (nSPS) is 13.2. The van der Waals surface area contributed by atoms with Crippen molar-refractivity contribution in [2.75, 3.05) is 4.90 Å². The summed E-state index contributed by atoms with van der Waals surface area (Å²) in [5.74, 6) is 0. The number of rotatable bonds is 9. The van der Waals surface area contributed by atoms with Gasteiger partial charge >= 0.3 is 0 Å². The van der Waals surface area contributed by atoms with Gasteiger partial charge in [0.15, 0.2) is 0 Å². The molecule has 2 heteroatoms. The van der Waals surface area contributed by atoms with E-state index in [9.17, 15) is 0 Å². The summed E-state index contributed by atoms with van der Waals surface area (Å²) in [6.07, 6.45) is 10.6. The largest absolute Gasteiger partial charge is 0.317 e. The predicted molar refractivity (Wildman–Crippen MR) is 234 cm³/mol. The van der Waals surface area contributed by atoms with E-state index in [2.05, 4.69) is 224 Å². The molecule has 55 heavy (non-hydrogen) atoms. The van der Waals surface area contributed by atoms with Crippen LogP contribution < -0.4 is 4.90 Å². The van der Waals surface area contributed by atoms with Crippen LogP contribution >= 0.6 is 0 Å². The van der Waals surface area contributed by atoms with Crippen LogP contribution in [-0.4, -0.2) is 4.57 Å². The Morgan fingerprint density at radius 2 is 1.20 bits per heavy atom. The lowest BCUT2D eigenvalue weighted by Gasteiger charge is -2.26. The topological polar surface area (TPSA) is 8.17 Å². The average Bonchev–Trinajstić information content (AvgIpc) is 3.78. The molecule has 8 aromatic rings. The van der Waals surface area contributed by atoms with E-state index in [-0.39, 0.29) is 5.41 Å². The van der Waals surface area contributed by atoms with Crippen molar-refractivity contribution >= 4 is 27.9 Å². The highest BCUT2D eigenvalue weighted by molar-refractivity contribution is 6.01. The van der Waals surface area contributed by atoms with E-state index in [0.717, 1.165) is 28.2 Å². The molecule has 0 saturated heterocycles. The molecule has 0 amide bonds. The molecule has 0 fully saturated rings. The first-order valence-electron chi connectivity index (χ1n) is 19.0. The summed E-state index contributed by atoms with van der Waals surface area (Å²) in [4.78, 5) is 2.32. The zero-order valence-electron chi connectivity index (χ0n) is 31.2. The molecule has 7 aromatic carbocycles. The highest BCUT2D eigenvalue weighted by Gasteiger charge is 2.35. The smallest absolute Gasteiger partial charge is 0.0534 e. The average molecular weight is 707 g/mol. The Kier molecular flexibility index (Phi) is 8.72. The van der Waals surface area contributed by atoms with Gasteiger partial charge in [-0.15, -0.1) is 0 Å². The number of anilines is 2. The van der Waals surface area contributed by atoms with E-state index < -0.39 is 0 Å². The van der Waals surface area contributed by atoms with Gasteiger partial charge < -0.3 is 9.47 Å². The maximum Gasteiger partial charge on any atom is 0.0534 e. The molecule has 1 heterocycles. The Balaban J connectivity index is 1.21. The summed E-state index contributed by atoms with van der Waals surface area (Å²) < 4.78 is 2.27. The third kappa shape index (κ3) is 6.12. The second kappa shape index (κ2) is 14.2. The van der Waals surface area contributed by atoms with Crippen LogP contribution in [0.3, 0.4) is 0 Å². The molecule has 1 aromatic heterocycles. The van der Waals surface area contributed by atoms with Gasteiger partial charge in [-0.1, -0.05) is 160 Å². The molecular weight excluding hydrogens is 665 g/mol. The summed E-state index contributed by atoms with van der Waals surface area (Å²) in [5, 5.41) is 1.22.